The molecule has 3 nitrogen and oxygen atoms in total. The first-order valence-corrected chi connectivity index (χ1v) is 6.37. The van der Waals surface area contributed by atoms with Gasteiger partial charge in [0.05, 0.1) is 5.69 Å². The van der Waals surface area contributed by atoms with Gasteiger partial charge in [0.25, 0.3) is 0 Å². The molecule has 2 N–H and O–H groups in total. The zero-order chi connectivity index (χ0) is 13.3. The lowest BCUT2D eigenvalue weighted by Gasteiger charge is -2.07. The Morgan fingerprint density at radius 3 is 2.67 bits per heavy atom. The fourth-order valence-electron chi connectivity index (χ4n) is 2.24. The van der Waals surface area contributed by atoms with Gasteiger partial charge in [0, 0.05) is 12.6 Å². The molecule has 1 aromatic heterocycles. The Morgan fingerprint density at radius 1 is 1.33 bits per heavy atom. The van der Waals surface area contributed by atoms with Crippen molar-refractivity contribution in [3.63, 3.8) is 0 Å². The summed E-state index contributed by atoms with van der Waals surface area (Å²) in [7, 11) is 1.90. The minimum Gasteiger partial charge on any atom is -0.383 e. The fourth-order valence-corrected chi connectivity index (χ4v) is 2.24. The number of rotatable bonds is 3. The van der Waals surface area contributed by atoms with Gasteiger partial charge in [0.15, 0.2) is 0 Å². The van der Waals surface area contributed by atoms with Crippen molar-refractivity contribution in [3.05, 3.63) is 35.5 Å². The number of anilines is 1. The lowest BCUT2D eigenvalue weighted by atomic mass is 9.98. The first-order valence-electron chi connectivity index (χ1n) is 6.37. The van der Waals surface area contributed by atoms with Crippen LogP contribution < -0.4 is 5.73 Å². The summed E-state index contributed by atoms with van der Waals surface area (Å²) < 4.78 is 1.77. The van der Waals surface area contributed by atoms with E-state index < -0.39 is 0 Å². The molecule has 0 bridgehead atoms. The molecule has 0 aliphatic carbocycles. The van der Waals surface area contributed by atoms with Crippen LogP contribution in [0.25, 0.3) is 11.1 Å². The third-order valence-corrected chi connectivity index (χ3v) is 3.07. The number of nitrogen functional groups attached to an aromatic ring is 1. The fraction of sp³-hybridized carbons (Fsp3) is 0.400. The van der Waals surface area contributed by atoms with Crippen LogP contribution in [0.4, 0.5) is 5.82 Å². The van der Waals surface area contributed by atoms with Crippen LogP contribution in [-0.4, -0.2) is 9.78 Å². The topological polar surface area (TPSA) is 43.8 Å². The van der Waals surface area contributed by atoms with E-state index in [-0.39, 0.29) is 0 Å². The van der Waals surface area contributed by atoms with Crippen molar-refractivity contribution in [3.8, 4) is 11.1 Å². The SMILES string of the molecule is Cc1cccc(-c2c(CC(C)C)nn(C)c2N)c1. The Balaban J connectivity index is 2.55. The number of aryl methyl sites for hydroxylation is 2. The molecule has 0 saturated carbocycles. The highest BCUT2D eigenvalue weighted by molar-refractivity contribution is 5.77. The average molecular weight is 243 g/mol. The second-order valence-electron chi connectivity index (χ2n) is 5.30. The molecule has 0 radical (unpaired) electrons. The predicted molar refractivity (Wildman–Crippen MR) is 76.3 cm³/mol. The van der Waals surface area contributed by atoms with Gasteiger partial charge in [-0.25, -0.2) is 0 Å². The molecule has 0 amide bonds. The number of aromatic nitrogens is 2. The molecule has 0 spiro atoms. The largest absolute Gasteiger partial charge is 0.383 e. The highest BCUT2D eigenvalue weighted by Gasteiger charge is 2.16. The molecule has 0 fully saturated rings. The van der Waals surface area contributed by atoms with E-state index in [4.69, 9.17) is 5.73 Å². The maximum atomic E-state index is 6.16. The molecular formula is C15H21N3. The van der Waals surface area contributed by atoms with Crippen molar-refractivity contribution in [2.75, 3.05) is 5.73 Å². The van der Waals surface area contributed by atoms with E-state index in [0.717, 1.165) is 29.1 Å². The minimum absolute atomic E-state index is 0.572. The molecular weight excluding hydrogens is 222 g/mol. The van der Waals surface area contributed by atoms with E-state index in [1.54, 1.807) is 4.68 Å². The molecule has 0 aliphatic rings. The maximum absolute atomic E-state index is 6.16. The van der Waals surface area contributed by atoms with Gasteiger partial charge in [-0.15, -0.1) is 0 Å². The molecule has 1 aromatic carbocycles. The summed E-state index contributed by atoms with van der Waals surface area (Å²) in [6, 6.07) is 8.43. The van der Waals surface area contributed by atoms with Crippen molar-refractivity contribution in [1.82, 2.24) is 9.78 Å². The number of benzene rings is 1. The third-order valence-electron chi connectivity index (χ3n) is 3.07. The van der Waals surface area contributed by atoms with E-state index in [0.29, 0.717) is 5.92 Å². The smallest absolute Gasteiger partial charge is 0.129 e. The molecule has 18 heavy (non-hydrogen) atoms. The summed E-state index contributed by atoms with van der Waals surface area (Å²) in [5.74, 6) is 1.32. The molecule has 2 aromatic rings. The van der Waals surface area contributed by atoms with Crippen LogP contribution in [0.15, 0.2) is 24.3 Å². The summed E-state index contributed by atoms with van der Waals surface area (Å²) in [5.41, 5.74) is 10.8. The third kappa shape index (κ3) is 2.40. The Labute approximate surface area is 109 Å². The minimum atomic E-state index is 0.572. The van der Waals surface area contributed by atoms with Crippen LogP contribution in [0, 0.1) is 12.8 Å². The number of hydrogen-bond donors (Lipinski definition) is 1. The van der Waals surface area contributed by atoms with Gasteiger partial charge in [-0.3, -0.25) is 4.68 Å². The molecule has 0 aliphatic heterocycles. The van der Waals surface area contributed by atoms with Crippen molar-refractivity contribution in [1.29, 1.82) is 0 Å². The standard InChI is InChI=1S/C15H21N3/c1-10(2)8-13-14(15(16)18(4)17-13)12-7-5-6-11(3)9-12/h5-7,9-10H,8,16H2,1-4H3. The van der Waals surface area contributed by atoms with Crippen LogP contribution in [0.3, 0.4) is 0 Å². The van der Waals surface area contributed by atoms with E-state index >= 15 is 0 Å². The molecule has 96 valence electrons. The highest BCUT2D eigenvalue weighted by atomic mass is 15.3. The Morgan fingerprint density at radius 2 is 2.06 bits per heavy atom. The zero-order valence-corrected chi connectivity index (χ0v) is 11.6. The normalized spacial score (nSPS) is 11.2. The van der Waals surface area contributed by atoms with Crippen LogP contribution in [-0.2, 0) is 13.5 Å². The van der Waals surface area contributed by atoms with Gasteiger partial charge in [-0.05, 0) is 24.8 Å². The molecule has 0 atom stereocenters. The molecule has 0 unspecified atom stereocenters. The summed E-state index contributed by atoms with van der Waals surface area (Å²) in [4.78, 5) is 0. The Kier molecular flexibility index (Phi) is 3.41. The monoisotopic (exact) mass is 243 g/mol. The number of hydrogen-bond acceptors (Lipinski definition) is 2. The van der Waals surface area contributed by atoms with Gasteiger partial charge in [-0.2, -0.15) is 5.10 Å². The number of nitrogens with two attached hydrogens (primary N) is 1. The lowest BCUT2D eigenvalue weighted by molar-refractivity contribution is 0.622. The van der Waals surface area contributed by atoms with E-state index in [9.17, 15) is 0 Å². The summed E-state index contributed by atoms with van der Waals surface area (Å²) in [6.07, 6.45) is 0.953. The summed E-state index contributed by atoms with van der Waals surface area (Å²) >= 11 is 0. The van der Waals surface area contributed by atoms with Gasteiger partial charge in [0.2, 0.25) is 0 Å². The molecule has 3 heteroatoms. The van der Waals surface area contributed by atoms with Gasteiger partial charge in [-0.1, -0.05) is 43.7 Å². The van der Waals surface area contributed by atoms with E-state index in [1.165, 1.54) is 5.56 Å². The average Bonchev–Trinajstić information content (AvgIpc) is 2.53. The summed E-state index contributed by atoms with van der Waals surface area (Å²) in [5, 5.41) is 4.55. The predicted octanol–water partition coefficient (Wildman–Crippen LogP) is 3.18. The van der Waals surface area contributed by atoms with Gasteiger partial charge in [0.1, 0.15) is 5.82 Å². The first-order chi connectivity index (χ1) is 8.49. The highest BCUT2D eigenvalue weighted by Crippen LogP contribution is 2.31. The van der Waals surface area contributed by atoms with Crippen molar-refractivity contribution < 1.29 is 0 Å². The molecule has 2 rings (SSSR count). The van der Waals surface area contributed by atoms with Gasteiger partial charge < -0.3 is 5.73 Å². The van der Waals surface area contributed by atoms with Crippen molar-refractivity contribution in [2.45, 2.75) is 27.2 Å². The van der Waals surface area contributed by atoms with Crippen molar-refractivity contribution >= 4 is 5.82 Å². The van der Waals surface area contributed by atoms with E-state index in [1.807, 2.05) is 7.05 Å². The lowest BCUT2D eigenvalue weighted by Crippen LogP contribution is -1.98. The number of nitrogens with zero attached hydrogens (tertiary/aromatic N) is 2. The van der Waals surface area contributed by atoms with Crippen LogP contribution in [0.5, 0.6) is 0 Å². The molecule has 1 heterocycles. The quantitative estimate of drug-likeness (QED) is 0.899. The second kappa shape index (κ2) is 4.84. The van der Waals surface area contributed by atoms with E-state index in [2.05, 4.69) is 50.1 Å². The summed E-state index contributed by atoms with van der Waals surface area (Å²) in [6.45, 7) is 6.49. The first kappa shape index (κ1) is 12.7. The van der Waals surface area contributed by atoms with Crippen molar-refractivity contribution in [2.24, 2.45) is 13.0 Å². The van der Waals surface area contributed by atoms with Gasteiger partial charge >= 0.3 is 0 Å². The van der Waals surface area contributed by atoms with Crippen LogP contribution in [0.1, 0.15) is 25.1 Å². The Hall–Kier alpha value is -1.77. The van der Waals surface area contributed by atoms with Crippen LogP contribution in [0.2, 0.25) is 0 Å². The molecule has 0 saturated heterocycles. The second-order valence-corrected chi connectivity index (χ2v) is 5.30. The maximum Gasteiger partial charge on any atom is 0.129 e. The zero-order valence-electron chi connectivity index (χ0n) is 11.6. The Bertz CT molecular complexity index is 553. The van der Waals surface area contributed by atoms with Crippen LogP contribution >= 0.6 is 0 Å².